The zero-order chi connectivity index (χ0) is 18.4. The van der Waals surface area contributed by atoms with E-state index in [1.54, 1.807) is 0 Å². The van der Waals surface area contributed by atoms with Crippen LogP contribution in [0.25, 0.3) is 22.2 Å². The van der Waals surface area contributed by atoms with E-state index in [0.29, 0.717) is 0 Å². The standard InChI is InChI=1S/C23H24ClN3/c1-26-12-10-23-20(15-26)19-13-17(24)8-9-22(19)27(23)21-7-3-2-6-18(21)16-5-4-11-25-14-16/h4-5,8-9,11,13-14H,2-3,6-7,10,12,15H2,1H3. The van der Waals surface area contributed by atoms with Crippen molar-refractivity contribution in [2.24, 2.45) is 0 Å². The van der Waals surface area contributed by atoms with Crippen LogP contribution in [-0.4, -0.2) is 28.0 Å². The lowest BCUT2D eigenvalue weighted by molar-refractivity contribution is 0.311. The van der Waals surface area contributed by atoms with E-state index in [9.17, 15) is 0 Å². The molecule has 138 valence electrons. The number of likely N-dealkylation sites (N-methyl/N-ethyl adjacent to an activating group) is 1. The number of hydrogen-bond acceptors (Lipinski definition) is 2. The summed E-state index contributed by atoms with van der Waals surface area (Å²) in [6.45, 7) is 2.10. The van der Waals surface area contributed by atoms with Crippen molar-refractivity contribution in [3.05, 3.63) is 64.6 Å². The van der Waals surface area contributed by atoms with Gasteiger partial charge in [-0.25, -0.2) is 0 Å². The number of aromatic nitrogens is 2. The van der Waals surface area contributed by atoms with E-state index in [1.807, 2.05) is 24.5 Å². The average molecular weight is 378 g/mol. The second-order valence-electron chi connectivity index (χ2n) is 7.78. The van der Waals surface area contributed by atoms with Crippen LogP contribution in [0, 0.1) is 0 Å². The molecule has 2 aliphatic rings. The highest BCUT2D eigenvalue weighted by Gasteiger charge is 2.26. The van der Waals surface area contributed by atoms with Gasteiger partial charge < -0.3 is 9.47 Å². The SMILES string of the molecule is CN1CCc2c(c3cc(Cl)ccc3n2C2=C(c3cccnc3)CCCC2)C1. The Morgan fingerprint density at radius 2 is 1.96 bits per heavy atom. The minimum absolute atomic E-state index is 0.820. The van der Waals surface area contributed by atoms with Crippen molar-refractivity contribution in [3.63, 3.8) is 0 Å². The molecule has 0 saturated carbocycles. The Morgan fingerprint density at radius 3 is 2.81 bits per heavy atom. The van der Waals surface area contributed by atoms with Crippen molar-refractivity contribution in [2.45, 2.75) is 38.6 Å². The van der Waals surface area contributed by atoms with Crippen molar-refractivity contribution in [1.82, 2.24) is 14.5 Å². The van der Waals surface area contributed by atoms with Gasteiger partial charge in [-0.1, -0.05) is 17.7 Å². The third kappa shape index (κ3) is 2.90. The third-order valence-electron chi connectivity index (χ3n) is 6.02. The number of rotatable bonds is 2. The molecular formula is C23H24ClN3. The highest BCUT2D eigenvalue weighted by Crippen LogP contribution is 2.41. The van der Waals surface area contributed by atoms with E-state index in [4.69, 9.17) is 11.6 Å². The molecule has 0 atom stereocenters. The van der Waals surface area contributed by atoms with E-state index in [1.165, 1.54) is 51.8 Å². The van der Waals surface area contributed by atoms with E-state index < -0.39 is 0 Å². The molecule has 4 heteroatoms. The average Bonchev–Trinajstić information content (AvgIpc) is 3.01. The molecular weight excluding hydrogens is 354 g/mol. The minimum atomic E-state index is 0.820. The van der Waals surface area contributed by atoms with Crippen LogP contribution in [0.5, 0.6) is 0 Å². The predicted octanol–water partition coefficient (Wildman–Crippen LogP) is 5.62. The summed E-state index contributed by atoms with van der Waals surface area (Å²) in [6.07, 6.45) is 9.72. The van der Waals surface area contributed by atoms with Crippen molar-refractivity contribution >= 4 is 33.8 Å². The molecule has 5 rings (SSSR count). The lowest BCUT2D eigenvalue weighted by atomic mass is 9.91. The van der Waals surface area contributed by atoms with Crippen molar-refractivity contribution in [3.8, 4) is 0 Å². The molecule has 27 heavy (non-hydrogen) atoms. The Balaban J connectivity index is 1.80. The predicted molar refractivity (Wildman–Crippen MR) is 113 cm³/mol. The molecule has 1 aliphatic carbocycles. The fraction of sp³-hybridized carbons (Fsp3) is 0.348. The van der Waals surface area contributed by atoms with E-state index in [0.717, 1.165) is 37.4 Å². The smallest absolute Gasteiger partial charge is 0.0532 e. The second kappa shape index (κ2) is 6.81. The van der Waals surface area contributed by atoms with Crippen LogP contribution in [0.4, 0.5) is 0 Å². The van der Waals surface area contributed by atoms with E-state index in [2.05, 4.69) is 39.7 Å². The number of halogens is 1. The summed E-state index contributed by atoms with van der Waals surface area (Å²) >= 11 is 6.37. The van der Waals surface area contributed by atoms with Gasteiger partial charge in [-0.2, -0.15) is 0 Å². The molecule has 2 aromatic heterocycles. The number of pyridine rings is 1. The zero-order valence-electron chi connectivity index (χ0n) is 15.7. The van der Waals surface area contributed by atoms with Gasteiger partial charge in [0.25, 0.3) is 0 Å². The molecule has 0 unspecified atom stereocenters. The van der Waals surface area contributed by atoms with Gasteiger partial charge in [0.2, 0.25) is 0 Å². The summed E-state index contributed by atoms with van der Waals surface area (Å²) in [5.74, 6) is 0. The number of fused-ring (bicyclic) bond motifs is 3. The Kier molecular flexibility index (Phi) is 4.30. The van der Waals surface area contributed by atoms with E-state index in [-0.39, 0.29) is 0 Å². The number of allylic oxidation sites excluding steroid dienone is 2. The van der Waals surface area contributed by atoms with Gasteiger partial charge in [0.05, 0.1) is 5.52 Å². The summed E-state index contributed by atoms with van der Waals surface area (Å²) in [6, 6.07) is 10.6. The first kappa shape index (κ1) is 17.0. The van der Waals surface area contributed by atoms with Crippen LogP contribution < -0.4 is 0 Å². The van der Waals surface area contributed by atoms with Gasteiger partial charge >= 0.3 is 0 Å². The van der Waals surface area contributed by atoms with Crippen molar-refractivity contribution in [2.75, 3.05) is 13.6 Å². The maximum atomic E-state index is 6.37. The van der Waals surface area contributed by atoms with Gasteiger partial charge in [-0.3, -0.25) is 4.98 Å². The lowest BCUT2D eigenvalue weighted by Gasteiger charge is -2.27. The van der Waals surface area contributed by atoms with Crippen molar-refractivity contribution in [1.29, 1.82) is 0 Å². The summed E-state index contributed by atoms with van der Waals surface area (Å²) < 4.78 is 2.56. The minimum Gasteiger partial charge on any atom is -0.317 e. The maximum absolute atomic E-state index is 6.37. The molecule has 1 aliphatic heterocycles. The lowest BCUT2D eigenvalue weighted by Crippen LogP contribution is -2.27. The molecule has 0 saturated heterocycles. The van der Waals surface area contributed by atoms with E-state index >= 15 is 0 Å². The quantitative estimate of drug-likeness (QED) is 0.577. The van der Waals surface area contributed by atoms with Crippen molar-refractivity contribution < 1.29 is 0 Å². The summed E-state index contributed by atoms with van der Waals surface area (Å²) in [7, 11) is 2.21. The third-order valence-corrected chi connectivity index (χ3v) is 6.25. The fourth-order valence-electron chi connectivity index (χ4n) is 4.76. The molecule has 3 heterocycles. The first-order valence-electron chi connectivity index (χ1n) is 9.85. The number of benzene rings is 1. The Morgan fingerprint density at radius 1 is 1.07 bits per heavy atom. The molecule has 0 spiro atoms. The first-order valence-corrected chi connectivity index (χ1v) is 10.2. The maximum Gasteiger partial charge on any atom is 0.0532 e. The molecule has 1 aromatic carbocycles. The summed E-state index contributed by atoms with van der Waals surface area (Å²) in [4.78, 5) is 6.79. The van der Waals surface area contributed by atoms with Crippen LogP contribution in [0.2, 0.25) is 5.02 Å². The van der Waals surface area contributed by atoms with Gasteiger partial charge in [0, 0.05) is 53.7 Å². The van der Waals surface area contributed by atoms with Gasteiger partial charge in [-0.05, 0) is 73.7 Å². The number of hydrogen-bond donors (Lipinski definition) is 0. The largest absolute Gasteiger partial charge is 0.317 e. The summed E-state index contributed by atoms with van der Waals surface area (Å²) in [5.41, 5.74) is 8.42. The molecule has 0 amide bonds. The first-order chi connectivity index (χ1) is 13.2. The Labute approximate surface area is 165 Å². The van der Waals surface area contributed by atoms with Crippen LogP contribution in [0.1, 0.15) is 42.5 Å². The van der Waals surface area contributed by atoms with Crippen LogP contribution in [0.15, 0.2) is 42.7 Å². The second-order valence-corrected chi connectivity index (χ2v) is 8.22. The molecule has 3 aromatic rings. The van der Waals surface area contributed by atoms with Gasteiger partial charge in [0.1, 0.15) is 0 Å². The monoisotopic (exact) mass is 377 g/mol. The fourth-order valence-corrected chi connectivity index (χ4v) is 4.93. The van der Waals surface area contributed by atoms with Crippen LogP contribution >= 0.6 is 11.6 Å². The highest BCUT2D eigenvalue weighted by atomic mass is 35.5. The van der Waals surface area contributed by atoms with Crippen LogP contribution in [0.3, 0.4) is 0 Å². The summed E-state index contributed by atoms with van der Waals surface area (Å²) in [5, 5.41) is 2.13. The zero-order valence-corrected chi connectivity index (χ0v) is 16.5. The number of nitrogens with zero attached hydrogens (tertiary/aromatic N) is 3. The van der Waals surface area contributed by atoms with Gasteiger partial charge in [0.15, 0.2) is 0 Å². The Hall–Kier alpha value is -2.10. The molecule has 0 radical (unpaired) electrons. The normalized spacial score (nSPS) is 18.1. The highest BCUT2D eigenvalue weighted by molar-refractivity contribution is 6.31. The van der Waals surface area contributed by atoms with Gasteiger partial charge in [-0.15, -0.1) is 0 Å². The molecule has 0 fully saturated rings. The molecule has 0 bridgehead atoms. The molecule has 0 N–H and O–H groups in total. The molecule has 3 nitrogen and oxygen atoms in total. The topological polar surface area (TPSA) is 21.1 Å². The van der Waals surface area contributed by atoms with Crippen LogP contribution in [-0.2, 0) is 13.0 Å². The Bertz CT molecular complexity index is 1030.